The van der Waals surface area contributed by atoms with Gasteiger partial charge in [-0.1, -0.05) is 18.2 Å². The minimum Gasteiger partial charge on any atom is -0.356 e. The Morgan fingerprint density at radius 3 is 2.95 bits per heavy atom. The van der Waals surface area contributed by atoms with E-state index in [9.17, 15) is 13.2 Å². The van der Waals surface area contributed by atoms with Crippen LogP contribution in [0.4, 0.5) is 0 Å². The summed E-state index contributed by atoms with van der Waals surface area (Å²) in [6.07, 6.45) is 3.03. The van der Waals surface area contributed by atoms with Gasteiger partial charge in [0, 0.05) is 18.5 Å². The van der Waals surface area contributed by atoms with Crippen molar-refractivity contribution in [1.29, 1.82) is 0 Å². The second-order valence-corrected chi connectivity index (χ2v) is 7.90. The van der Waals surface area contributed by atoms with Crippen molar-refractivity contribution in [2.24, 2.45) is 5.92 Å². The molecule has 0 aliphatic carbocycles. The second-order valence-electron chi connectivity index (χ2n) is 5.67. The van der Waals surface area contributed by atoms with E-state index in [1.807, 2.05) is 35.1 Å². The van der Waals surface area contributed by atoms with E-state index in [0.29, 0.717) is 13.0 Å². The molecular formula is C15H19N3O3S. The first-order chi connectivity index (χ1) is 10.6. The van der Waals surface area contributed by atoms with E-state index in [0.717, 1.165) is 23.9 Å². The molecule has 2 aromatic rings. The number of aryl methyl sites for hydroxylation is 1. The highest BCUT2D eigenvalue weighted by Gasteiger charge is 2.32. The Morgan fingerprint density at radius 2 is 2.18 bits per heavy atom. The van der Waals surface area contributed by atoms with Gasteiger partial charge in [-0.2, -0.15) is 5.10 Å². The lowest BCUT2D eigenvalue weighted by molar-refractivity contribution is -0.124. The second kappa shape index (κ2) is 6.08. The van der Waals surface area contributed by atoms with Gasteiger partial charge >= 0.3 is 0 Å². The van der Waals surface area contributed by atoms with Gasteiger partial charge in [0.15, 0.2) is 9.84 Å². The van der Waals surface area contributed by atoms with Gasteiger partial charge in [-0.15, -0.1) is 0 Å². The zero-order valence-electron chi connectivity index (χ0n) is 12.2. The van der Waals surface area contributed by atoms with Gasteiger partial charge in [-0.25, -0.2) is 8.42 Å². The number of rotatable bonds is 5. The molecule has 0 bridgehead atoms. The van der Waals surface area contributed by atoms with Gasteiger partial charge in [0.05, 0.1) is 29.1 Å². The predicted molar refractivity (Wildman–Crippen MR) is 84.1 cm³/mol. The average molecular weight is 321 g/mol. The number of aromatic nitrogens is 2. The molecule has 1 amide bonds. The Kier molecular flexibility index (Phi) is 4.15. The fourth-order valence-corrected chi connectivity index (χ4v) is 4.53. The minimum absolute atomic E-state index is 0.0113. The summed E-state index contributed by atoms with van der Waals surface area (Å²) in [5.74, 6) is -0.408. The highest BCUT2D eigenvalue weighted by Crippen LogP contribution is 2.18. The third-order valence-electron chi connectivity index (χ3n) is 4.00. The summed E-state index contributed by atoms with van der Waals surface area (Å²) in [6.45, 7) is 1.25. The highest BCUT2D eigenvalue weighted by atomic mass is 32.2. The third-order valence-corrected chi connectivity index (χ3v) is 5.77. The molecule has 1 aliphatic rings. The molecule has 1 aliphatic heterocycles. The number of para-hydroxylation sites is 1. The number of sulfone groups is 1. The Balaban J connectivity index is 1.47. The van der Waals surface area contributed by atoms with Crippen molar-refractivity contribution in [3.8, 4) is 0 Å². The standard InChI is InChI=1S/C15H19N3O3S/c19-15(13-6-9-22(20,21)11-13)16-7-3-8-18-14-5-2-1-4-12(14)10-17-18/h1-2,4-5,10,13H,3,6-9,11H2,(H,16,19)/t13-/m0/s1. The summed E-state index contributed by atoms with van der Waals surface area (Å²) in [4.78, 5) is 11.9. The Hall–Kier alpha value is -1.89. The van der Waals surface area contributed by atoms with Crippen LogP contribution in [0.5, 0.6) is 0 Å². The maximum absolute atomic E-state index is 11.9. The highest BCUT2D eigenvalue weighted by molar-refractivity contribution is 7.91. The first-order valence-corrected chi connectivity index (χ1v) is 9.26. The summed E-state index contributed by atoms with van der Waals surface area (Å²) in [7, 11) is -3.01. The van der Waals surface area contributed by atoms with Crippen LogP contribution in [0.1, 0.15) is 12.8 Å². The lowest BCUT2D eigenvalue weighted by Gasteiger charge is -2.09. The molecule has 22 heavy (non-hydrogen) atoms. The van der Waals surface area contributed by atoms with Gasteiger partial charge in [0.1, 0.15) is 0 Å². The number of amides is 1. The summed E-state index contributed by atoms with van der Waals surface area (Å²) in [5, 5.41) is 8.26. The quantitative estimate of drug-likeness (QED) is 0.832. The summed E-state index contributed by atoms with van der Waals surface area (Å²) >= 11 is 0. The fourth-order valence-electron chi connectivity index (χ4n) is 2.79. The van der Waals surface area contributed by atoms with Crippen LogP contribution in [0.2, 0.25) is 0 Å². The van der Waals surface area contributed by atoms with Gasteiger partial charge in [0.2, 0.25) is 5.91 Å². The van der Waals surface area contributed by atoms with Crippen LogP contribution >= 0.6 is 0 Å². The Morgan fingerprint density at radius 1 is 1.36 bits per heavy atom. The first-order valence-electron chi connectivity index (χ1n) is 7.44. The number of fused-ring (bicyclic) bond motifs is 1. The van der Waals surface area contributed by atoms with Crippen molar-refractivity contribution in [3.63, 3.8) is 0 Å². The maximum Gasteiger partial charge on any atom is 0.224 e. The molecule has 0 spiro atoms. The predicted octanol–water partition coefficient (Wildman–Crippen LogP) is 0.977. The van der Waals surface area contributed by atoms with Crippen LogP contribution in [0.3, 0.4) is 0 Å². The molecule has 1 N–H and O–H groups in total. The monoisotopic (exact) mass is 321 g/mol. The van der Waals surface area contributed by atoms with Crippen molar-refractivity contribution >= 4 is 26.6 Å². The van der Waals surface area contributed by atoms with E-state index in [2.05, 4.69) is 10.4 Å². The van der Waals surface area contributed by atoms with Crippen LogP contribution in [0.25, 0.3) is 10.9 Å². The molecule has 0 radical (unpaired) electrons. The van der Waals surface area contributed by atoms with Crippen molar-refractivity contribution in [3.05, 3.63) is 30.5 Å². The van der Waals surface area contributed by atoms with Gasteiger partial charge in [-0.05, 0) is 18.9 Å². The number of carbonyl (C=O) groups excluding carboxylic acids is 1. The van der Waals surface area contributed by atoms with Crippen LogP contribution in [0, 0.1) is 5.92 Å². The molecule has 7 heteroatoms. The number of carbonyl (C=O) groups is 1. The normalized spacial score (nSPS) is 20.3. The molecule has 1 aromatic carbocycles. The average Bonchev–Trinajstić information content (AvgIpc) is 3.07. The van der Waals surface area contributed by atoms with Crippen molar-refractivity contribution in [1.82, 2.24) is 15.1 Å². The molecule has 3 rings (SSSR count). The lowest BCUT2D eigenvalue weighted by Crippen LogP contribution is -2.32. The van der Waals surface area contributed by atoms with Crippen LogP contribution in [0.15, 0.2) is 30.5 Å². The molecule has 2 heterocycles. The van der Waals surface area contributed by atoms with Crippen molar-refractivity contribution in [2.75, 3.05) is 18.1 Å². The smallest absolute Gasteiger partial charge is 0.224 e. The maximum atomic E-state index is 11.9. The van der Waals surface area contributed by atoms with Gasteiger partial charge < -0.3 is 5.32 Å². The molecule has 118 valence electrons. The van der Waals surface area contributed by atoms with Gasteiger partial charge in [0.25, 0.3) is 0 Å². The van der Waals surface area contributed by atoms with Crippen LogP contribution in [-0.4, -0.2) is 42.2 Å². The molecule has 0 unspecified atom stereocenters. The Bertz CT molecular complexity index is 782. The largest absolute Gasteiger partial charge is 0.356 e. The van der Waals surface area contributed by atoms with E-state index < -0.39 is 9.84 Å². The molecule has 6 nitrogen and oxygen atoms in total. The van der Waals surface area contributed by atoms with E-state index in [1.165, 1.54) is 0 Å². The van der Waals surface area contributed by atoms with Crippen LogP contribution < -0.4 is 5.32 Å². The summed E-state index contributed by atoms with van der Waals surface area (Å²) in [5.41, 5.74) is 1.08. The molecule has 0 saturated carbocycles. The zero-order valence-corrected chi connectivity index (χ0v) is 13.1. The molecule has 1 aromatic heterocycles. The van der Waals surface area contributed by atoms with Gasteiger partial charge in [-0.3, -0.25) is 9.48 Å². The SMILES string of the molecule is O=C(NCCCn1ncc2ccccc21)[C@H]1CCS(=O)(=O)C1. The van der Waals surface area contributed by atoms with E-state index in [4.69, 9.17) is 0 Å². The Labute approximate surface area is 129 Å². The summed E-state index contributed by atoms with van der Waals surface area (Å²) < 4.78 is 24.6. The molecular weight excluding hydrogens is 302 g/mol. The number of nitrogens with one attached hydrogen (secondary N) is 1. The first kappa shape index (κ1) is 15.0. The lowest BCUT2D eigenvalue weighted by atomic mass is 10.1. The number of nitrogens with zero attached hydrogens (tertiary/aromatic N) is 2. The minimum atomic E-state index is -3.01. The number of benzene rings is 1. The summed E-state index contributed by atoms with van der Waals surface area (Å²) in [6, 6.07) is 7.98. The zero-order chi connectivity index (χ0) is 15.6. The molecule has 1 atom stereocenters. The van der Waals surface area contributed by atoms with E-state index >= 15 is 0 Å². The number of hydrogen-bond donors (Lipinski definition) is 1. The van der Waals surface area contributed by atoms with Crippen molar-refractivity contribution < 1.29 is 13.2 Å². The van der Waals surface area contributed by atoms with Crippen molar-refractivity contribution in [2.45, 2.75) is 19.4 Å². The molecule has 1 saturated heterocycles. The molecule has 1 fully saturated rings. The fraction of sp³-hybridized carbons (Fsp3) is 0.467. The van der Waals surface area contributed by atoms with E-state index in [-0.39, 0.29) is 23.3 Å². The number of hydrogen-bond acceptors (Lipinski definition) is 4. The third kappa shape index (κ3) is 3.30. The van der Waals surface area contributed by atoms with E-state index in [1.54, 1.807) is 0 Å². The topological polar surface area (TPSA) is 81.1 Å². The van der Waals surface area contributed by atoms with Crippen LogP contribution in [-0.2, 0) is 21.2 Å².